The van der Waals surface area contributed by atoms with E-state index in [0.717, 1.165) is 6.42 Å². The van der Waals surface area contributed by atoms with E-state index in [1.807, 2.05) is 0 Å². The Kier molecular flexibility index (Phi) is 6.86. The van der Waals surface area contributed by atoms with E-state index in [4.69, 9.17) is 14.2 Å². The Morgan fingerprint density at radius 3 is 2.38 bits per heavy atom. The van der Waals surface area contributed by atoms with Crippen molar-refractivity contribution in [2.24, 2.45) is 5.92 Å². The van der Waals surface area contributed by atoms with Crippen LogP contribution >= 0.6 is 0 Å². The summed E-state index contributed by atoms with van der Waals surface area (Å²) in [7, 11) is 1.32. The molecule has 0 unspecified atom stereocenters. The van der Waals surface area contributed by atoms with Crippen LogP contribution in [0.4, 0.5) is 4.79 Å². The molecule has 0 saturated carbocycles. The normalized spacial score (nSPS) is 22.6. The number of carbonyl (C=O) groups excluding carboxylic acids is 3. The molecule has 0 radical (unpaired) electrons. The first-order chi connectivity index (χ1) is 12.2. The van der Waals surface area contributed by atoms with Crippen molar-refractivity contribution in [1.82, 2.24) is 10.2 Å². The first kappa shape index (κ1) is 20.5. The molecule has 26 heavy (non-hydrogen) atoms. The highest BCUT2D eigenvalue weighted by molar-refractivity contribution is 5.90. The fraction of sp³-hybridized carbons (Fsp3) is 0.833. The number of rotatable bonds is 4. The lowest BCUT2D eigenvalue weighted by Crippen LogP contribution is -2.56. The van der Waals surface area contributed by atoms with Gasteiger partial charge >= 0.3 is 12.1 Å². The quantitative estimate of drug-likeness (QED) is 0.753. The molecule has 8 heteroatoms. The SMILES string of the molecule is COC(=O)[C@@H]1CCCN1C(=O)[C@@H](NC(=O)OC(C)(C)C)C1CCOCC1. The second kappa shape index (κ2) is 8.70. The van der Waals surface area contributed by atoms with Crippen LogP contribution in [0, 0.1) is 5.92 Å². The highest BCUT2D eigenvalue weighted by Gasteiger charge is 2.41. The minimum absolute atomic E-state index is 0.0531. The van der Waals surface area contributed by atoms with E-state index in [0.29, 0.717) is 39.0 Å². The van der Waals surface area contributed by atoms with Crippen molar-refractivity contribution < 1.29 is 28.6 Å². The van der Waals surface area contributed by atoms with Crippen LogP contribution in [0.2, 0.25) is 0 Å². The monoisotopic (exact) mass is 370 g/mol. The van der Waals surface area contributed by atoms with Crippen LogP contribution in [0.3, 0.4) is 0 Å². The Hall–Kier alpha value is -1.83. The molecule has 0 spiro atoms. The second-order valence-corrected chi connectivity index (χ2v) is 7.79. The standard InChI is InChI=1S/C18H30N2O6/c1-18(2,3)26-17(23)19-14(12-7-10-25-11-8-12)15(21)20-9-5-6-13(20)16(22)24-4/h12-14H,5-11H2,1-4H3,(H,19,23)/t13-,14-/m0/s1. The zero-order valence-corrected chi connectivity index (χ0v) is 16.1. The molecule has 2 saturated heterocycles. The van der Waals surface area contributed by atoms with Gasteiger partial charge in [-0.05, 0) is 52.4 Å². The molecule has 1 N–H and O–H groups in total. The van der Waals surface area contributed by atoms with Gasteiger partial charge in [-0.15, -0.1) is 0 Å². The smallest absolute Gasteiger partial charge is 0.408 e. The molecule has 2 rings (SSSR count). The molecule has 2 fully saturated rings. The number of hydrogen-bond donors (Lipinski definition) is 1. The topological polar surface area (TPSA) is 94.2 Å². The van der Waals surface area contributed by atoms with Crippen LogP contribution in [-0.4, -0.2) is 67.4 Å². The third-order valence-electron chi connectivity index (χ3n) is 4.68. The Morgan fingerprint density at radius 2 is 1.81 bits per heavy atom. The third-order valence-corrected chi connectivity index (χ3v) is 4.68. The predicted molar refractivity (Wildman–Crippen MR) is 93.5 cm³/mol. The minimum atomic E-state index is -0.737. The van der Waals surface area contributed by atoms with Crippen molar-refractivity contribution in [3.05, 3.63) is 0 Å². The Balaban J connectivity index is 2.15. The van der Waals surface area contributed by atoms with Crippen LogP contribution in [0.25, 0.3) is 0 Å². The molecule has 2 aliphatic heterocycles. The van der Waals surface area contributed by atoms with Gasteiger partial charge < -0.3 is 24.4 Å². The first-order valence-electron chi connectivity index (χ1n) is 9.18. The Morgan fingerprint density at radius 1 is 1.15 bits per heavy atom. The van der Waals surface area contributed by atoms with Crippen molar-refractivity contribution >= 4 is 18.0 Å². The maximum Gasteiger partial charge on any atom is 0.408 e. The number of hydrogen-bond acceptors (Lipinski definition) is 6. The van der Waals surface area contributed by atoms with Gasteiger partial charge in [-0.1, -0.05) is 0 Å². The number of carbonyl (C=O) groups is 3. The van der Waals surface area contributed by atoms with Gasteiger partial charge in [-0.2, -0.15) is 0 Å². The molecule has 0 aromatic carbocycles. The molecule has 0 aromatic heterocycles. The molecule has 2 aliphatic rings. The fourth-order valence-corrected chi connectivity index (χ4v) is 3.46. The predicted octanol–water partition coefficient (Wildman–Crippen LogP) is 1.47. The molecule has 0 aromatic rings. The summed E-state index contributed by atoms with van der Waals surface area (Å²) >= 11 is 0. The van der Waals surface area contributed by atoms with Crippen molar-refractivity contribution in [1.29, 1.82) is 0 Å². The van der Waals surface area contributed by atoms with Crippen LogP contribution in [0.5, 0.6) is 0 Å². The number of likely N-dealkylation sites (tertiary alicyclic amines) is 1. The average Bonchev–Trinajstić information content (AvgIpc) is 3.07. The largest absolute Gasteiger partial charge is 0.467 e. The maximum absolute atomic E-state index is 13.2. The lowest BCUT2D eigenvalue weighted by atomic mass is 9.90. The van der Waals surface area contributed by atoms with E-state index in [1.54, 1.807) is 20.8 Å². The van der Waals surface area contributed by atoms with Crippen molar-refractivity contribution in [3.63, 3.8) is 0 Å². The molecule has 148 valence electrons. The minimum Gasteiger partial charge on any atom is -0.467 e. The highest BCUT2D eigenvalue weighted by atomic mass is 16.6. The number of ether oxygens (including phenoxy) is 3. The summed E-state index contributed by atoms with van der Waals surface area (Å²) in [5, 5.41) is 2.74. The van der Waals surface area contributed by atoms with Gasteiger partial charge in [0.1, 0.15) is 17.7 Å². The van der Waals surface area contributed by atoms with Crippen LogP contribution in [0.1, 0.15) is 46.5 Å². The van der Waals surface area contributed by atoms with Crippen LogP contribution in [-0.2, 0) is 23.8 Å². The molecule has 2 heterocycles. The molecule has 0 aliphatic carbocycles. The average molecular weight is 370 g/mol. The number of alkyl carbamates (subject to hydrolysis) is 1. The van der Waals surface area contributed by atoms with E-state index >= 15 is 0 Å². The fourth-order valence-electron chi connectivity index (χ4n) is 3.46. The van der Waals surface area contributed by atoms with Gasteiger partial charge in [-0.25, -0.2) is 9.59 Å². The number of methoxy groups -OCH3 is 1. The van der Waals surface area contributed by atoms with Gasteiger partial charge in [0.05, 0.1) is 7.11 Å². The molecular weight excluding hydrogens is 340 g/mol. The Labute approximate surface area is 154 Å². The van der Waals surface area contributed by atoms with Gasteiger partial charge in [0, 0.05) is 19.8 Å². The molecule has 8 nitrogen and oxygen atoms in total. The van der Waals surface area contributed by atoms with E-state index in [-0.39, 0.29) is 11.8 Å². The van der Waals surface area contributed by atoms with E-state index in [1.165, 1.54) is 12.0 Å². The molecule has 2 atom stereocenters. The third kappa shape index (κ3) is 5.33. The zero-order valence-electron chi connectivity index (χ0n) is 16.1. The van der Waals surface area contributed by atoms with Gasteiger partial charge in [0.2, 0.25) is 5.91 Å². The van der Waals surface area contributed by atoms with Crippen molar-refractivity contribution in [3.8, 4) is 0 Å². The van der Waals surface area contributed by atoms with Gasteiger partial charge in [0.25, 0.3) is 0 Å². The van der Waals surface area contributed by atoms with E-state index in [2.05, 4.69) is 5.32 Å². The lowest BCUT2D eigenvalue weighted by molar-refractivity contribution is -0.152. The van der Waals surface area contributed by atoms with Crippen LogP contribution in [0.15, 0.2) is 0 Å². The summed E-state index contributed by atoms with van der Waals surface area (Å²) in [4.78, 5) is 39.0. The lowest BCUT2D eigenvalue weighted by Gasteiger charge is -2.34. The molecule has 0 bridgehead atoms. The van der Waals surface area contributed by atoms with Gasteiger partial charge in [-0.3, -0.25) is 4.79 Å². The first-order valence-corrected chi connectivity index (χ1v) is 9.18. The molecular formula is C18H30N2O6. The summed E-state index contributed by atoms with van der Waals surface area (Å²) in [6.45, 7) is 6.88. The summed E-state index contributed by atoms with van der Waals surface area (Å²) in [5.74, 6) is -0.725. The van der Waals surface area contributed by atoms with E-state index < -0.39 is 29.7 Å². The van der Waals surface area contributed by atoms with Crippen molar-refractivity contribution in [2.45, 2.75) is 64.1 Å². The van der Waals surface area contributed by atoms with Gasteiger partial charge in [0.15, 0.2) is 0 Å². The number of esters is 1. The van der Waals surface area contributed by atoms with Crippen LogP contribution < -0.4 is 5.32 Å². The summed E-state index contributed by atoms with van der Waals surface area (Å²) in [5.41, 5.74) is -0.657. The number of nitrogens with zero attached hydrogens (tertiary/aromatic N) is 1. The summed E-state index contributed by atoms with van der Waals surface area (Å²) in [6, 6.07) is -1.32. The maximum atomic E-state index is 13.2. The zero-order chi connectivity index (χ0) is 19.3. The second-order valence-electron chi connectivity index (χ2n) is 7.79. The highest BCUT2D eigenvalue weighted by Crippen LogP contribution is 2.25. The number of amides is 2. The molecule has 2 amide bonds. The van der Waals surface area contributed by atoms with E-state index in [9.17, 15) is 14.4 Å². The number of nitrogens with one attached hydrogen (secondary N) is 1. The summed E-state index contributed by atoms with van der Waals surface area (Å²) < 4.78 is 15.5. The summed E-state index contributed by atoms with van der Waals surface area (Å²) in [6.07, 6.45) is 2.02. The van der Waals surface area contributed by atoms with Crippen molar-refractivity contribution in [2.75, 3.05) is 26.9 Å². The Bertz CT molecular complexity index is 524.